The van der Waals surface area contributed by atoms with Crippen molar-refractivity contribution in [1.82, 2.24) is 4.90 Å². The molecule has 27 heavy (non-hydrogen) atoms. The maximum atomic E-state index is 12.9. The number of hydrogen-bond donors (Lipinski definition) is 2. The number of rotatable bonds is 3. The van der Waals surface area contributed by atoms with E-state index in [2.05, 4.69) is 0 Å². The van der Waals surface area contributed by atoms with Gasteiger partial charge in [-0.1, -0.05) is 0 Å². The number of aliphatic hydroxyl groups excluding tert-OH is 1. The van der Waals surface area contributed by atoms with Gasteiger partial charge < -0.3 is 10.2 Å². The van der Waals surface area contributed by atoms with Crippen molar-refractivity contribution in [3.8, 4) is 0 Å². The van der Waals surface area contributed by atoms with Gasteiger partial charge in [-0.25, -0.2) is 4.79 Å². The molecule has 1 rings (SSSR count). The fraction of sp³-hybridized carbons (Fsp3) is 0.471. The molecular formula is C17H19F6NO3. The van der Waals surface area contributed by atoms with Gasteiger partial charge in [0.1, 0.15) is 5.76 Å². The maximum Gasteiger partial charge on any atom is 0.416 e. The topological polar surface area (TPSA) is 60.8 Å². The Morgan fingerprint density at radius 1 is 0.963 bits per heavy atom. The predicted octanol–water partition coefficient (Wildman–Crippen LogP) is 5.79. The highest BCUT2D eigenvalue weighted by Crippen LogP contribution is 2.37. The quantitative estimate of drug-likeness (QED) is 0.500. The second-order valence-corrected chi connectivity index (χ2v) is 6.91. The van der Waals surface area contributed by atoms with E-state index >= 15 is 0 Å². The van der Waals surface area contributed by atoms with E-state index in [0.717, 1.165) is 11.0 Å². The average molecular weight is 399 g/mol. The van der Waals surface area contributed by atoms with E-state index in [1.54, 1.807) is 20.8 Å². The number of hydrogen-bond acceptors (Lipinski definition) is 2. The third-order valence-corrected chi connectivity index (χ3v) is 3.62. The number of halogens is 6. The lowest BCUT2D eigenvalue weighted by atomic mass is 10.0. The lowest BCUT2D eigenvalue weighted by molar-refractivity contribution is -0.143. The van der Waals surface area contributed by atoms with Crippen LogP contribution in [0.25, 0.3) is 5.76 Å². The Bertz CT molecular complexity index is 699. The molecule has 0 spiro atoms. The molecule has 0 aliphatic heterocycles. The summed E-state index contributed by atoms with van der Waals surface area (Å²) in [6, 6.07) is -0.336. The zero-order chi connectivity index (χ0) is 21.4. The van der Waals surface area contributed by atoms with Gasteiger partial charge in [-0.3, -0.25) is 4.90 Å². The first-order chi connectivity index (χ1) is 11.9. The van der Waals surface area contributed by atoms with Crippen LogP contribution >= 0.6 is 0 Å². The summed E-state index contributed by atoms with van der Waals surface area (Å²) in [6.45, 7) is 5.99. The molecule has 0 bridgehead atoms. The summed E-state index contributed by atoms with van der Waals surface area (Å²) in [5.74, 6) is -0.894. The number of carboxylic acid groups (broad SMARTS) is 1. The molecule has 0 saturated carbocycles. The third-order valence-electron chi connectivity index (χ3n) is 3.62. The summed E-state index contributed by atoms with van der Waals surface area (Å²) >= 11 is 0. The second-order valence-electron chi connectivity index (χ2n) is 6.91. The van der Waals surface area contributed by atoms with Gasteiger partial charge in [0.15, 0.2) is 0 Å². The zero-order valence-corrected chi connectivity index (χ0v) is 14.9. The van der Waals surface area contributed by atoms with Gasteiger partial charge in [0.05, 0.1) is 17.2 Å². The number of carbonyl (C=O) groups is 1. The first kappa shape index (κ1) is 22.7. The summed E-state index contributed by atoms with van der Waals surface area (Å²) in [7, 11) is 0. The van der Waals surface area contributed by atoms with Crippen LogP contribution in [0, 0.1) is 0 Å². The van der Waals surface area contributed by atoms with Gasteiger partial charge in [-0.15, -0.1) is 0 Å². The molecule has 0 radical (unpaired) electrons. The van der Waals surface area contributed by atoms with E-state index in [9.17, 15) is 41.4 Å². The highest BCUT2D eigenvalue weighted by molar-refractivity contribution is 5.68. The molecule has 1 aromatic rings. The summed E-state index contributed by atoms with van der Waals surface area (Å²) in [6.07, 6.45) is -10.6. The summed E-state index contributed by atoms with van der Waals surface area (Å²) in [4.78, 5) is 12.3. The van der Waals surface area contributed by atoms with Gasteiger partial charge in [-0.2, -0.15) is 26.3 Å². The lowest BCUT2D eigenvalue weighted by Gasteiger charge is -2.36. The Morgan fingerprint density at radius 2 is 1.37 bits per heavy atom. The van der Waals surface area contributed by atoms with Crippen molar-refractivity contribution < 1.29 is 41.4 Å². The molecule has 1 aromatic carbocycles. The largest absolute Gasteiger partial charge is 0.508 e. The van der Waals surface area contributed by atoms with Crippen molar-refractivity contribution >= 4 is 11.9 Å². The average Bonchev–Trinajstić information content (AvgIpc) is 2.42. The second kappa shape index (κ2) is 7.32. The van der Waals surface area contributed by atoms with Crippen molar-refractivity contribution in [3.05, 3.63) is 41.0 Å². The van der Waals surface area contributed by atoms with Crippen molar-refractivity contribution in [2.45, 2.75) is 51.6 Å². The summed E-state index contributed by atoms with van der Waals surface area (Å²) < 4.78 is 77.4. The van der Waals surface area contributed by atoms with E-state index < -0.39 is 52.5 Å². The highest BCUT2D eigenvalue weighted by Gasteiger charge is 2.37. The molecule has 1 atom stereocenters. The minimum atomic E-state index is -5.06. The molecule has 0 aliphatic carbocycles. The standard InChI is InChI=1S/C17H19F6NO3/c1-9(24(14(26)27)15(2,3)4)5-13(25)10-6-11(16(18,19)20)8-12(7-10)17(21,22)23/h5-9,25H,1-4H3,(H,26,27). The van der Waals surface area contributed by atoms with Crippen molar-refractivity contribution in [2.24, 2.45) is 0 Å². The van der Waals surface area contributed by atoms with Crippen LogP contribution in [0.2, 0.25) is 0 Å². The Kier molecular flexibility index (Phi) is 6.14. The van der Waals surface area contributed by atoms with Gasteiger partial charge >= 0.3 is 18.4 Å². The monoisotopic (exact) mass is 399 g/mol. The molecular weight excluding hydrogens is 380 g/mol. The molecule has 0 saturated heterocycles. The number of benzene rings is 1. The molecule has 0 fully saturated rings. The van der Waals surface area contributed by atoms with Gasteiger partial charge in [-0.05, 0) is 52.0 Å². The SMILES string of the molecule is CC(C=C(O)c1cc(C(F)(F)F)cc(C(F)(F)F)c1)N(C(=O)O)C(C)(C)C. The third kappa shape index (κ3) is 5.80. The predicted molar refractivity (Wildman–Crippen MR) is 86.1 cm³/mol. The van der Waals surface area contributed by atoms with Gasteiger partial charge in [0, 0.05) is 11.1 Å². The lowest BCUT2D eigenvalue weighted by Crippen LogP contribution is -2.49. The smallest absolute Gasteiger partial charge is 0.416 e. The van der Waals surface area contributed by atoms with E-state index in [0.29, 0.717) is 12.1 Å². The van der Waals surface area contributed by atoms with Crippen molar-refractivity contribution in [1.29, 1.82) is 0 Å². The first-order valence-corrected chi connectivity index (χ1v) is 7.67. The fourth-order valence-electron chi connectivity index (χ4n) is 2.57. The van der Waals surface area contributed by atoms with Crippen LogP contribution in [0.4, 0.5) is 31.1 Å². The van der Waals surface area contributed by atoms with Crippen LogP contribution in [0.15, 0.2) is 24.3 Å². The van der Waals surface area contributed by atoms with Gasteiger partial charge in [0.2, 0.25) is 0 Å². The van der Waals surface area contributed by atoms with E-state index in [1.807, 2.05) is 0 Å². The van der Waals surface area contributed by atoms with Crippen molar-refractivity contribution in [2.75, 3.05) is 0 Å². The Balaban J connectivity index is 3.46. The first-order valence-electron chi connectivity index (χ1n) is 7.67. The summed E-state index contributed by atoms with van der Waals surface area (Å²) in [5.41, 5.74) is -4.80. The highest BCUT2D eigenvalue weighted by atomic mass is 19.4. The van der Waals surface area contributed by atoms with E-state index in [4.69, 9.17) is 0 Å². The number of alkyl halides is 6. The van der Waals surface area contributed by atoms with Crippen LogP contribution in [0.5, 0.6) is 0 Å². The molecule has 1 unspecified atom stereocenters. The van der Waals surface area contributed by atoms with Crippen LogP contribution in [-0.4, -0.2) is 32.8 Å². The van der Waals surface area contributed by atoms with E-state index in [1.165, 1.54) is 6.92 Å². The number of aliphatic hydroxyl groups is 1. The molecule has 1 amide bonds. The van der Waals surface area contributed by atoms with Crippen LogP contribution in [0.3, 0.4) is 0 Å². The maximum absolute atomic E-state index is 12.9. The molecule has 0 aromatic heterocycles. The van der Waals surface area contributed by atoms with Gasteiger partial charge in [0.25, 0.3) is 0 Å². The Labute approximate surface area is 151 Å². The Hall–Kier alpha value is -2.39. The fourth-order valence-corrected chi connectivity index (χ4v) is 2.57. The molecule has 10 heteroatoms. The van der Waals surface area contributed by atoms with Crippen LogP contribution < -0.4 is 0 Å². The number of nitrogens with zero attached hydrogens (tertiary/aromatic N) is 1. The van der Waals surface area contributed by atoms with Crippen LogP contribution in [-0.2, 0) is 12.4 Å². The molecule has 2 N–H and O–H groups in total. The number of amides is 1. The van der Waals surface area contributed by atoms with Crippen LogP contribution in [0.1, 0.15) is 44.4 Å². The zero-order valence-electron chi connectivity index (χ0n) is 14.9. The normalized spacial score (nSPS) is 14.8. The molecule has 4 nitrogen and oxygen atoms in total. The molecule has 152 valence electrons. The minimum absolute atomic E-state index is 0.0566. The molecule has 0 aliphatic rings. The molecule has 0 heterocycles. The summed E-state index contributed by atoms with van der Waals surface area (Å²) in [5, 5.41) is 19.4. The van der Waals surface area contributed by atoms with E-state index in [-0.39, 0.29) is 6.07 Å². The minimum Gasteiger partial charge on any atom is -0.508 e. The van der Waals surface area contributed by atoms with Crippen molar-refractivity contribution in [3.63, 3.8) is 0 Å². The Morgan fingerprint density at radius 3 is 1.67 bits per heavy atom.